The Morgan fingerprint density at radius 1 is 1.36 bits per heavy atom. The highest BCUT2D eigenvalue weighted by Gasteiger charge is 2.24. The van der Waals surface area contributed by atoms with Crippen molar-refractivity contribution in [2.45, 2.75) is 19.4 Å². The van der Waals surface area contributed by atoms with Gasteiger partial charge in [0.15, 0.2) is 0 Å². The molecule has 0 bridgehead atoms. The van der Waals surface area contributed by atoms with E-state index in [2.05, 4.69) is 4.98 Å². The van der Waals surface area contributed by atoms with Gasteiger partial charge >= 0.3 is 11.6 Å². The summed E-state index contributed by atoms with van der Waals surface area (Å²) in [5.41, 5.74) is -1.15. The maximum Gasteiger partial charge on any atom is 0.379 e. The molecule has 25 heavy (non-hydrogen) atoms. The molecule has 0 atom stereocenters. The van der Waals surface area contributed by atoms with Crippen molar-refractivity contribution in [1.82, 2.24) is 4.98 Å². The summed E-state index contributed by atoms with van der Waals surface area (Å²) in [5, 5.41) is 9.15. The number of nitrogens with zero attached hydrogens (tertiary/aromatic N) is 1. The van der Waals surface area contributed by atoms with Gasteiger partial charge in [0.25, 0.3) is 0 Å². The quantitative estimate of drug-likeness (QED) is 0.810. The van der Waals surface area contributed by atoms with Gasteiger partial charge in [-0.3, -0.25) is 4.98 Å². The molecule has 0 radical (unpaired) electrons. The van der Waals surface area contributed by atoms with E-state index >= 15 is 0 Å². The number of aromatic nitrogens is 1. The molecule has 2 rings (SSSR count). The van der Waals surface area contributed by atoms with Gasteiger partial charge in [0.2, 0.25) is 11.5 Å². The van der Waals surface area contributed by atoms with E-state index in [1.54, 1.807) is 26.0 Å². The van der Waals surface area contributed by atoms with E-state index in [9.17, 15) is 9.59 Å². The van der Waals surface area contributed by atoms with Crippen LogP contribution in [0.3, 0.4) is 0 Å². The molecule has 2 aromatic rings. The number of hydrogen-bond acceptors (Lipinski definition) is 7. The van der Waals surface area contributed by atoms with Crippen molar-refractivity contribution < 1.29 is 28.5 Å². The molecule has 0 aliphatic rings. The fourth-order valence-corrected chi connectivity index (χ4v) is 1.96. The van der Waals surface area contributed by atoms with E-state index < -0.39 is 23.0 Å². The van der Waals surface area contributed by atoms with Crippen LogP contribution in [-0.4, -0.2) is 42.5 Å². The Hall–Kier alpha value is -2.87. The first kappa shape index (κ1) is 18.5. The smallest absolute Gasteiger partial charge is 0.379 e. The Kier molecular flexibility index (Phi) is 5.43. The molecule has 8 nitrogen and oxygen atoms in total. The first-order chi connectivity index (χ1) is 11.8. The summed E-state index contributed by atoms with van der Waals surface area (Å²) in [6, 6.07) is 4.48. The average molecular weight is 349 g/mol. The summed E-state index contributed by atoms with van der Waals surface area (Å²) in [4.78, 5) is 27.7. The summed E-state index contributed by atoms with van der Waals surface area (Å²) >= 11 is 0. The number of carboxylic acids is 1. The number of pyridine rings is 1. The molecule has 134 valence electrons. The number of ether oxygens (including phenoxy) is 3. The van der Waals surface area contributed by atoms with E-state index in [1.165, 1.54) is 26.5 Å². The Balaban J connectivity index is 2.62. The number of rotatable bonds is 7. The van der Waals surface area contributed by atoms with Gasteiger partial charge in [-0.25, -0.2) is 9.59 Å². The van der Waals surface area contributed by atoms with E-state index in [1.807, 2.05) is 0 Å². The molecule has 0 unspecified atom stereocenters. The molecule has 0 amide bonds. The predicted molar refractivity (Wildman–Crippen MR) is 88.3 cm³/mol. The number of aromatic carboxylic acids is 1. The molecule has 0 aromatic carbocycles. The van der Waals surface area contributed by atoms with Crippen molar-refractivity contribution >= 4 is 5.97 Å². The standard InChI is InChI=1S/C17H19NO7/c1-17(2,23-4)9-24-14-10(8-12(15(19)20)25-16(14)21)13-11(22-3)6-5-7-18-13/h5-8H,9H2,1-4H3,(H,19,20). The molecule has 0 aliphatic heterocycles. The molecule has 0 aliphatic carbocycles. The number of carbonyl (C=O) groups is 1. The lowest BCUT2D eigenvalue weighted by atomic mass is 10.1. The highest BCUT2D eigenvalue weighted by molar-refractivity contribution is 5.87. The van der Waals surface area contributed by atoms with Crippen LogP contribution in [0.1, 0.15) is 24.4 Å². The first-order valence-electron chi connectivity index (χ1n) is 7.38. The molecule has 8 heteroatoms. The van der Waals surface area contributed by atoms with Crippen LogP contribution in [0.25, 0.3) is 11.3 Å². The van der Waals surface area contributed by atoms with Crippen molar-refractivity contribution in [3.63, 3.8) is 0 Å². The van der Waals surface area contributed by atoms with Crippen molar-refractivity contribution in [2.24, 2.45) is 0 Å². The van der Waals surface area contributed by atoms with Crippen LogP contribution in [-0.2, 0) is 4.74 Å². The van der Waals surface area contributed by atoms with Gasteiger partial charge in [-0.05, 0) is 26.0 Å². The van der Waals surface area contributed by atoms with Crippen LogP contribution in [0, 0.1) is 0 Å². The lowest BCUT2D eigenvalue weighted by Gasteiger charge is -2.23. The minimum Gasteiger partial charge on any atom is -0.494 e. The van der Waals surface area contributed by atoms with Crippen LogP contribution in [0.2, 0.25) is 0 Å². The van der Waals surface area contributed by atoms with Crippen LogP contribution in [0.5, 0.6) is 11.5 Å². The number of carboxylic acid groups (broad SMARTS) is 1. The summed E-state index contributed by atoms with van der Waals surface area (Å²) in [5.74, 6) is -1.70. The minimum atomic E-state index is -1.38. The van der Waals surface area contributed by atoms with Crippen molar-refractivity contribution in [2.75, 3.05) is 20.8 Å². The van der Waals surface area contributed by atoms with Gasteiger partial charge in [0.05, 0.1) is 18.3 Å². The fraction of sp³-hybridized carbons (Fsp3) is 0.353. The van der Waals surface area contributed by atoms with Gasteiger partial charge in [-0.2, -0.15) is 0 Å². The molecule has 0 saturated heterocycles. The maximum absolute atomic E-state index is 12.3. The zero-order valence-electron chi connectivity index (χ0n) is 14.4. The van der Waals surface area contributed by atoms with Crippen molar-refractivity contribution in [1.29, 1.82) is 0 Å². The van der Waals surface area contributed by atoms with Gasteiger partial charge < -0.3 is 23.7 Å². The third-order valence-corrected chi connectivity index (χ3v) is 3.48. The third kappa shape index (κ3) is 4.16. The molecular weight excluding hydrogens is 330 g/mol. The first-order valence-corrected chi connectivity index (χ1v) is 7.38. The summed E-state index contributed by atoms with van der Waals surface area (Å²) in [7, 11) is 2.96. The van der Waals surface area contributed by atoms with Gasteiger partial charge in [-0.15, -0.1) is 0 Å². The van der Waals surface area contributed by atoms with E-state index in [4.69, 9.17) is 23.7 Å². The second-order valence-electron chi connectivity index (χ2n) is 5.75. The molecule has 1 N–H and O–H groups in total. The number of hydrogen-bond donors (Lipinski definition) is 1. The second-order valence-corrected chi connectivity index (χ2v) is 5.75. The SMILES string of the molecule is COc1cccnc1-c1cc(C(=O)O)oc(=O)c1OCC(C)(C)OC. The lowest BCUT2D eigenvalue weighted by Crippen LogP contribution is -2.32. The molecule has 0 spiro atoms. The fourth-order valence-electron chi connectivity index (χ4n) is 1.96. The zero-order valence-corrected chi connectivity index (χ0v) is 14.4. The third-order valence-electron chi connectivity index (χ3n) is 3.48. The van der Waals surface area contributed by atoms with Gasteiger partial charge in [0.1, 0.15) is 18.1 Å². The minimum absolute atomic E-state index is 0.0445. The topological polar surface area (TPSA) is 108 Å². The second kappa shape index (κ2) is 7.35. The molecule has 2 heterocycles. The van der Waals surface area contributed by atoms with Gasteiger partial charge in [0, 0.05) is 19.4 Å². The van der Waals surface area contributed by atoms with Crippen LogP contribution in [0.4, 0.5) is 0 Å². The number of methoxy groups -OCH3 is 2. The monoisotopic (exact) mass is 349 g/mol. The lowest BCUT2D eigenvalue weighted by molar-refractivity contribution is -0.0154. The van der Waals surface area contributed by atoms with Crippen molar-refractivity contribution in [3.05, 3.63) is 40.6 Å². The van der Waals surface area contributed by atoms with Gasteiger partial charge in [-0.1, -0.05) is 0 Å². The molecule has 0 fully saturated rings. The molecule has 0 saturated carbocycles. The predicted octanol–water partition coefficient (Wildman–Crippen LogP) is 2.21. The Bertz CT molecular complexity index is 826. The molecular formula is C17H19NO7. The summed E-state index contributed by atoms with van der Waals surface area (Å²) in [6.45, 7) is 3.60. The Morgan fingerprint density at radius 3 is 2.68 bits per heavy atom. The maximum atomic E-state index is 12.3. The summed E-state index contributed by atoms with van der Waals surface area (Å²) < 4.78 is 20.9. The largest absolute Gasteiger partial charge is 0.494 e. The van der Waals surface area contributed by atoms with Crippen LogP contribution >= 0.6 is 0 Å². The van der Waals surface area contributed by atoms with E-state index in [-0.39, 0.29) is 23.6 Å². The highest BCUT2D eigenvalue weighted by Crippen LogP contribution is 2.33. The Morgan fingerprint density at radius 2 is 2.08 bits per heavy atom. The van der Waals surface area contributed by atoms with E-state index in [0.29, 0.717) is 5.75 Å². The highest BCUT2D eigenvalue weighted by atomic mass is 16.5. The average Bonchev–Trinajstić information content (AvgIpc) is 2.59. The Labute approximate surface area is 144 Å². The van der Waals surface area contributed by atoms with E-state index in [0.717, 1.165) is 0 Å². The normalized spacial score (nSPS) is 11.2. The van der Waals surface area contributed by atoms with Crippen LogP contribution < -0.4 is 15.1 Å². The molecule has 2 aromatic heterocycles. The van der Waals surface area contributed by atoms with Crippen molar-refractivity contribution in [3.8, 4) is 22.8 Å². The van der Waals surface area contributed by atoms with Crippen LogP contribution in [0.15, 0.2) is 33.6 Å². The summed E-state index contributed by atoms with van der Waals surface area (Å²) in [6.07, 6.45) is 1.50. The zero-order chi connectivity index (χ0) is 18.6.